The third kappa shape index (κ3) is 11.5. The Labute approximate surface area is 216 Å². The molecule has 0 aliphatic rings. The van der Waals surface area contributed by atoms with Crippen molar-refractivity contribution in [2.45, 2.75) is 18.9 Å². The maximum atomic E-state index is 12.2. The van der Waals surface area contributed by atoms with Gasteiger partial charge in [0, 0.05) is 31.0 Å². The van der Waals surface area contributed by atoms with E-state index < -0.39 is 24.3 Å². The first-order valence-electron chi connectivity index (χ1n) is 11.2. The second-order valence-electron chi connectivity index (χ2n) is 7.53. The standard InChI is InChI=1S/C24H25N3O4.C2HF3O2/c28-22(26-14-15-27-24(29)31-17-19-8-3-1-4-9-19)18-30-23(20-10-5-2-6-11-20)21-12-7-13-25-16-21;3-2(4,5)1(6)7/h1-13,16,23H,14-15,17-18H2,(H,26,28)(H,27,29);(H,6,7). The molecule has 202 valence electrons. The molecular formula is C26H26F3N3O6. The zero-order valence-electron chi connectivity index (χ0n) is 20.1. The molecule has 1 aromatic heterocycles. The third-order valence-electron chi connectivity index (χ3n) is 4.64. The number of benzene rings is 2. The fraction of sp³-hybridized carbons (Fsp3) is 0.231. The van der Waals surface area contributed by atoms with E-state index in [0.717, 1.165) is 16.7 Å². The number of aliphatic carboxylic acids is 1. The van der Waals surface area contributed by atoms with Gasteiger partial charge in [0.2, 0.25) is 5.91 Å². The van der Waals surface area contributed by atoms with Gasteiger partial charge in [-0.25, -0.2) is 9.59 Å². The first kappa shape index (κ1) is 29.8. The number of pyridine rings is 1. The molecule has 0 saturated heterocycles. The van der Waals surface area contributed by atoms with Crippen LogP contribution in [0.25, 0.3) is 0 Å². The van der Waals surface area contributed by atoms with Crippen LogP contribution in [0.3, 0.4) is 0 Å². The predicted octanol–water partition coefficient (Wildman–Crippen LogP) is 3.86. The topological polar surface area (TPSA) is 127 Å². The van der Waals surface area contributed by atoms with Crippen molar-refractivity contribution in [1.29, 1.82) is 0 Å². The average molecular weight is 534 g/mol. The summed E-state index contributed by atoms with van der Waals surface area (Å²) in [4.78, 5) is 36.9. The summed E-state index contributed by atoms with van der Waals surface area (Å²) in [6, 6.07) is 22.8. The van der Waals surface area contributed by atoms with Crippen LogP contribution in [0.15, 0.2) is 85.2 Å². The quantitative estimate of drug-likeness (QED) is 0.338. The van der Waals surface area contributed by atoms with Crippen molar-refractivity contribution in [1.82, 2.24) is 15.6 Å². The molecule has 38 heavy (non-hydrogen) atoms. The molecule has 3 aromatic rings. The Morgan fingerprint density at radius 1 is 0.868 bits per heavy atom. The highest BCUT2D eigenvalue weighted by atomic mass is 19.4. The van der Waals surface area contributed by atoms with Crippen LogP contribution in [0.4, 0.5) is 18.0 Å². The van der Waals surface area contributed by atoms with E-state index >= 15 is 0 Å². The van der Waals surface area contributed by atoms with E-state index in [-0.39, 0.29) is 32.2 Å². The molecule has 2 amide bonds. The minimum atomic E-state index is -5.08. The first-order chi connectivity index (χ1) is 18.2. The van der Waals surface area contributed by atoms with Crippen molar-refractivity contribution in [2.24, 2.45) is 0 Å². The van der Waals surface area contributed by atoms with Gasteiger partial charge in [0.05, 0.1) is 0 Å². The lowest BCUT2D eigenvalue weighted by molar-refractivity contribution is -0.192. The number of ether oxygens (including phenoxy) is 2. The number of carbonyl (C=O) groups excluding carboxylic acids is 2. The SMILES string of the molecule is O=C(COC(c1ccccc1)c1cccnc1)NCCNC(=O)OCc1ccccc1.O=C(O)C(F)(F)F. The van der Waals surface area contributed by atoms with Crippen LogP contribution in [0.1, 0.15) is 22.8 Å². The van der Waals surface area contributed by atoms with Gasteiger partial charge in [-0.1, -0.05) is 66.7 Å². The Morgan fingerprint density at radius 3 is 2.03 bits per heavy atom. The van der Waals surface area contributed by atoms with Crippen molar-refractivity contribution < 1.29 is 42.1 Å². The van der Waals surface area contributed by atoms with Gasteiger partial charge < -0.3 is 25.2 Å². The van der Waals surface area contributed by atoms with Crippen molar-refractivity contribution in [3.63, 3.8) is 0 Å². The molecule has 0 radical (unpaired) electrons. The summed E-state index contributed by atoms with van der Waals surface area (Å²) >= 11 is 0. The predicted molar refractivity (Wildman–Crippen MR) is 130 cm³/mol. The number of nitrogens with zero attached hydrogens (tertiary/aromatic N) is 1. The highest BCUT2D eigenvalue weighted by Crippen LogP contribution is 2.25. The molecule has 0 saturated carbocycles. The van der Waals surface area contributed by atoms with E-state index in [1.807, 2.05) is 72.8 Å². The maximum absolute atomic E-state index is 12.2. The fourth-order valence-corrected chi connectivity index (χ4v) is 2.89. The van der Waals surface area contributed by atoms with Gasteiger partial charge in [-0.15, -0.1) is 0 Å². The molecule has 3 rings (SSSR count). The first-order valence-corrected chi connectivity index (χ1v) is 11.2. The van der Waals surface area contributed by atoms with Crippen molar-refractivity contribution in [3.8, 4) is 0 Å². The summed E-state index contributed by atoms with van der Waals surface area (Å²) in [6.07, 6.45) is -2.60. The molecule has 12 heteroatoms. The molecule has 2 aromatic carbocycles. The number of alkyl carbamates (subject to hydrolysis) is 1. The lowest BCUT2D eigenvalue weighted by Crippen LogP contribution is -2.36. The van der Waals surface area contributed by atoms with Crippen molar-refractivity contribution in [2.75, 3.05) is 19.7 Å². The summed E-state index contributed by atoms with van der Waals surface area (Å²) in [5.41, 5.74) is 2.71. The van der Waals surface area contributed by atoms with E-state index in [1.54, 1.807) is 12.4 Å². The Morgan fingerprint density at radius 2 is 1.45 bits per heavy atom. The van der Waals surface area contributed by atoms with Gasteiger partial charge in [0.15, 0.2) is 0 Å². The van der Waals surface area contributed by atoms with Crippen LogP contribution in [0.5, 0.6) is 0 Å². The Kier molecular flexibility index (Phi) is 12.2. The van der Waals surface area contributed by atoms with Crippen molar-refractivity contribution in [3.05, 3.63) is 102 Å². The molecular weight excluding hydrogens is 507 g/mol. The number of alkyl halides is 3. The molecule has 0 fully saturated rings. The van der Waals surface area contributed by atoms with Crippen molar-refractivity contribution >= 4 is 18.0 Å². The zero-order valence-corrected chi connectivity index (χ0v) is 20.1. The maximum Gasteiger partial charge on any atom is 0.490 e. The number of hydrogen-bond acceptors (Lipinski definition) is 6. The molecule has 0 bridgehead atoms. The largest absolute Gasteiger partial charge is 0.490 e. The van der Waals surface area contributed by atoms with Gasteiger partial charge in [-0.2, -0.15) is 13.2 Å². The summed E-state index contributed by atoms with van der Waals surface area (Å²) in [6.45, 7) is 0.602. The van der Waals surface area contributed by atoms with E-state index in [2.05, 4.69) is 15.6 Å². The van der Waals surface area contributed by atoms with E-state index in [4.69, 9.17) is 19.4 Å². The average Bonchev–Trinajstić information content (AvgIpc) is 2.92. The summed E-state index contributed by atoms with van der Waals surface area (Å²) in [7, 11) is 0. The Hall–Kier alpha value is -4.45. The van der Waals surface area contributed by atoms with E-state index in [9.17, 15) is 22.8 Å². The van der Waals surface area contributed by atoms with Crippen LogP contribution >= 0.6 is 0 Å². The molecule has 1 atom stereocenters. The number of rotatable bonds is 10. The minimum Gasteiger partial charge on any atom is -0.475 e. The van der Waals surface area contributed by atoms with E-state index in [0.29, 0.717) is 0 Å². The number of carbonyl (C=O) groups is 3. The highest BCUT2D eigenvalue weighted by Gasteiger charge is 2.38. The van der Waals surface area contributed by atoms with E-state index in [1.165, 1.54) is 0 Å². The Balaban J connectivity index is 0.000000638. The van der Waals surface area contributed by atoms with Crippen LogP contribution in [-0.4, -0.2) is 53.9 Å². The van der Waals surface area contributed by atoms with Crippen LogP contribution in [0.2, 0.25) is 0 Å². The molecule has 1 heterocycles. The van der Waals surface area contributed by atoms with Crippen LogP contribution in [-0.2, 0) is 25.7 Å². The number of nitrogens with one attached hydrogen (secondary N) is 2. The lowest BCUT2D eigenvalue weighted by Gasteiger charge is -2.18. The summed E-state index contributed by atoms with van der Waals surface area (Å²) in [5.74, 6) is -3.03. The van der Waals surface area contributed by atoms with Gasteiger partial charge in [-0.3, -0.25) is 9.78 Å². The van der Waals surface area contributed by atoms with Crippen LogP contribution in [0, 0.1) is 0 Å². The second kappa shape index (κ2) is 15.6. The van der Waals surface area contributed by atoms with Gasteiger partial charge in [0.25, 0.3) is 0 Å². The molecule has 0 aliphatic carbocycles. The zero-order chi connectivity index (χ0) is 27.8. The Bertz CT molecular complexity index is 1090. The normalized spacial score (nSPS) is 11.3. The molecule has 0 aliphatic heterocycles. The number of carboxylic acid groups (broad SMARTS) is 1. The third-order valence-corrected chi connectivity index (χ3v) is 4.64. The van der Waals surface area contributed by atoms with Gasteiger partial charge >= 0.3 is 18.2 Å². The number of halogens is 3. The number of amides is 2. The summed E-state index contributed by atoms with van der Waals surface area (Å²) in [5, 5.41) is 12.4. The van der Waals surface area contributed by atoms with Gasteiger partial charge in [0.1, 0.15) is 19.3 Å². The molecule has 0 spiro atoms. The molecule has 1 unspecified atom stereocenters. The number of aromatic nitrogens is 1. The molecule has 3 N–H and O–H groups in total. The highest BCUT2D eigenvalue weighted by molar-refractivity contribution is 5.77. The fourth-order valence-electron chi connectivity index (χ4n) is 2.89. The minimum absolute atomic E-state index is 0.118. The lowest BCUT2D eigenvalue weighted by atomic mass is 10.0. The smallest absolute Gasteiger partial charge is 0.475 e. The van der Waals surface area contributed by atoms with Crippen LogP contribution < -0.4 is 10.6 Å². The van der Waals surface area contributed by atoms with Gasteiger partial charge in [-0.05, 0) is 17.2 Å². The second-order valence-corrected chi connectivity index (χ2v) is 7.53. The monoisotopic (exact) mass is 533 g/mol. The summed E-state index contributed by atoms with van der Waals surface area (Å²) < 4.78 is 42.7. The number of hydrogen-bond donors (Lipinski definition) is 3. The molecule has 9 nitrogen and oxygen atoms in total. The number of carboxylic acids is 1.